The zero-order valence-corrected chi connectivity index (χ0v) is 18.4. The lowest BCUT2D eigenvalue weighted by Crippen LogP contribution is -2.30. The molecule has 2 amide bonds. The molecule has 2 aromatic carbocycles. The molecule has 0 fully saturated rings. The molecule has 3 rings (SSSR count). The third kappa shape index (κ3) is 4.68. The van der Waals surface area contributed by atoms with E-state index in [1.54, 1.807) is 48.5 Å². The highest BCUT2D eigenvalue weighted by atomic mass is 32.1. The van der Waals surface area contributed by atoms with Crippen molar-refractivity contribution in [3.8, 4) is 16.3 Å². The van der Waals surface area contributed by atoms with Crippen LogP contribution in [0.5, 0.6) is 5.75 Å². The molecule has 156 valence electrons. The molecule has 0 atom stereocenters. The maximum atomic E-state index is 13.0. The van der Waals surface area contributed by atoms with Crippen LogP contribution in [0.2, 0.25) is 0 Å². The van der Waals surface area contributed by atoms with Gasteiger partial charge in [-0.15, -0.1) is 11.3 Å². The molecule has 0 aliphatic rings. The van der Waals surface area contributed by atoms with Crippen LogP contribution in [0.3, 0.4) is 0 Å². The molecule has 30 heavy (non-hydrogen) atoms. The number of methoxy groups -OCH3 is 1. The van der Waals surface area contributed by atoms with Gasteiger partial charge in [-0.25, -0.2) is 4.98 Å². The van der Waals surface area contributed by atoms with Crippen LogP contribution >= 0.6 is 11.3 Å². The van der Waals surface area contributed by atoms with Crippen LogP contribution in [0.25, 0.3) is 10.6 Å². The maximum absolute atomic E-state index is 13.0. The minimum atomic E-state index is -0.122. The number of thiazole rings is 1. The lowest BCUT2D eigenvalue weighted by Gasteiger charge is -2.20. The predicted molar refractivity (Wildman–Crippen MR) is 119 cm³/mol. The van der Waals surface area contributed by atoms with E-state index >= 15 is 0 Å². The predicted octanol–water partition coefficient (Wildman–Crippen LogP) is 4.18. The summed E-state index contributed by atoms with van der Waals surface area (Å²) in [7, 11) is 5.07. The highest BCUT2D eigenvalue weighted by Gasteiger charge is 2.19. The summed E-state index contributed by atoms with van der Waals surface area (Å²) < 4.78 is 5.40. The SMILES string of the molecule is CCN(Cc1ccc(C(=O)N(C)C)cc1)C(=O)c1csc(-c2ccccc2OC)n1. The molecule has 0 N–H and O–H groups in total. The number of nitrogens with zero attached hydrogens (tertiary/aromatic N) is 3. The third-order valence-electron chi connectivity index (χ3n) is 4.71. The number of carbonyl (C=O) groups excluding carboxylic acids is 2. The van der Waals surface area contributed by atoms with Crippen LogP contribution in [0, 0.1) is 0 Å². The molecule has 0 saturated carbocycles. The van der Waals surface area contributed by atoms with Crippen LogP contribution in [0.1, 0.15) is 33.3 Å². The number of hydrogen-bond donors (Lipinski definition) is 0. The molecule has 0 saturated heterocycles. The molecule has 7 heteroatoms. The molecule has 1 aromatic heterocycles. The Kier molecular flexibility index (Phi) is 6.84. The summed E-state index contributed by atoms with van der Waals surface area (Å²) in [4.78, 5) is 32.9. The standard InChI is InChI=1S/C23H25N3O3S/c1-5-26(14-16-10-12-17(13-11-16)22(27)25(2)3)23(28)19-15-30-21(24-19)18-8-6-7-9-20(18)29-4/h6-13,15H,5,14H2,1-4H3. The molecular formula is C23H25N3O3S. The highest BCUT2D eigenvalue weighted by molar-refractivity contribution is 7.13. The lowest BCUT2D eigenvalue weighted by atomic mass is 10.1. The summed E-state index contributed by atoms with van der Waals surface area (Å²) in [5.41, 5.74) is 2.87. The summed E-state index contributed by atoms with van der Waals surface area (Å²) in [6.45, 7) is 2.95. The van der Waals surface area contributed by atoms with Gasteiger partial charge >= 0.3 is 0 Å². The smallest absolute Gasteiger partial charge is 0.273 e. The summed E-state index contributed by atoms with van der Waals surface area (Å²) >= 11 is 1.42. The number of para-hydroxylation sites is 1. The lowest BCUT2D eigenvalue weighted by molar-refractivity contribution is 0.0746. The molecule has 3 aromatic rings. The zero-order chi connectivity index (χ0) is 21.7. The average molecular weight is 424 g/mol. The van der Waals surface area contributed by atoms with E-state index in [1.807, 2.05) is 43.3 Å². The van der Waals surface area contributed by atoms with Gasteiger partial charge in [-0.1, -0.05) is 24.3 Å². The van der Waals surface area contributed by atoms with E-state index < -0.39 is 0 Å². The molecule has 0 radical (unpaired) electrons. The molecular weight excluding hydrogens is 398 g/mol. The fraction of sp³-hybridized carbons (Fsp3) is 0.261. The van der Waals surface area contributed by atoms with Crippen molar-refractivity contribution in [2.75, 3.05) is 27.7 Å². The van der Waals surface area contributed by atoms with Crippen molar-refractivity contribution in [2.24, 2.45) is 0 Å². The molecule has 0 bridgehead atoms. The second-order valence-electron chi connectivity index (χ2n) is 6.95. The van der Waals surface area contributed by atoms with E-state index in [0.29, 0.717) is 24.3 Å². The number of ether oxygens (including phenoxy) is 1. The van der Waals surface area contributed by atoms with Gasteiger partial charge in [-0.2, -0.15) is 0 Å². The monoisotopic (exact) mass is 423 g/mol. The number of hydrogen-bond acceptors (Lipinski definition) is 5. The van der Waals surface area contributed by atoms with Crippen LogP contribution in [-0.4, -0.2) is 54.3 Å². The number of carbonyl (C=O) groups is 2. The van der Waals surface area contributed by atoms with Crippen molar-refractivity contribution in [3.05, 3.63) is 70.7 Å². The van der Waals surface area contributed by atoms with Crippen LogP contribution < -0.4 is 4.74 Å². The number of amides is 2. The Hall–Kier alpha value is -3.19. The molecule has 1 heterocycles. The van der Waals surface area contributed by atoms with Crippen molar-refractivity contribution in [1.82, 2.24) is 14.8 Å². The first kappa shape index (κ1) is 21.5. The van der Waals surface area contributed by atoms with Crippen LogP contribution in [-0.2, 0) is 6.54 Å². The Morgan fingerprint density at radius 1 is 1.03 bits per heavy atom. The summed E-state index contributed by atoms with van der Waals surface area (Å²) in [5, 5.41) is 2.53. The zero-order valence-electron chi connectivity index (χ0n) is 17.6. The molecule has 0 aliphatic carbocycles. The van der Waals surface area contributed by atoms with E-state index in [2.05, 4.69) is 4.98 Å². The molecule has 0 unspecified atom stereocenters. The Morgan fingerprint density at radius 2 is 1.73 bits per heavy atom. The van der Waals surface area contributed by atoms with Crippen LogP contribution in [0.4, 0.5) is 0 Å². The van der Waals surface area contributed by atoms with Gasteiger partial charge in [0.1, 0.15) is 16.5 Å². The minimum Gasteiger partial charge on any atom is -0.496 e. The third-order valence-corrected chi connectivity index (χ3v) is 5.59. The van der Waals surface area contributed by atoms with Gasteiger partial charge in [-0.3, -0.25) is 9.59 Å². The second kappa shape index (κ2) is 9.54. The first-order chi connectivity index (χ1) is 14.4. The second-order valence-corrected chi connectivity index (χ2v) is 7.81. The highest BCUT2D eigenvalue weighted by Crippen LogP contribution is 2.32. The normalized spacial score (nSPS) is 10.5. The Bertz CT molecular complexity index is 1030. The maximum Gasteiger partial charge on any atom is 0.273 e. The van der Waals surface area contributed by atoms with E-state index in [9.17, 15) is 9.59 Å². The largest absolute Gasteiger partial charge is 0.496 e. The number of rotatable bonds is 7. The molecule has 6 nitrogen and oxygen atoms in total. The first-order valence-electron chi connectivity index (χ1n) is 9.63. The van der Waals surface area contributed by atoms with Gasteiger partial charge in [0.15, 0.2) is 0 Å². The van der Waals surface area contributed by atoms with Gasteiger partial charge in [0.25, 0.3) is 11.8 Å². The van der Waals surface area contributed by atoms with Crippen molar-refractivity contribution >= 4 is 23.2 Å². The van der Waals surface area contributed by atoms with E-state index in [0.717, 1.165) is 21.9 Å². The van der Waals surface area contributed by atoms with Crippen molar-refractivity contribution < 1.29 is 14.3 Å². The fourth-order valence-corrected chi connectivity index (χ4v) is 3.86. The van der Waals surface area contributed by atoms with E-state index in [1.165, 1.54) is 11.3 Å². The first-order valence-corrected chi connectivity index (χ1v) is 10.5. The Morgan fingerprint density at radius 3 is 2.37 bits per heavy atom. The van der Waals surface area contributed by atoms with Gasteiger partial charge in [0.05, 0.1) is 12.7 Å². The van der Waals surface area contributed by atoms with E-state index in [4.69, 9.17) is 4.74 Å². The van der Waals surface area contributed by atoms with Gasteiger partial charge in [0.2, 0.25) is 0 Å². The summed E-state index contributed by atoms with van der Waals surface area (Å²) in [6.07, 6.45) is 0. The van der Waals surface area contributed by atoms with Gasteiger partial charge in [-0.05, 0) is 36.8 Å². The fourth-order valence-electron chi connectivity index (χ4n) is 3.04. The topological polar surface area (TPSA) is 62.7 Å². The minimum absolute atomic E-state index is 0.0451. The van der Waals surface area contributed by atoms with Gasteiger partial charge < -0.3 is 14.5 Å². The van der Waals surface area contributed by atoms with Crippen LogP contribution in [0.15, 0.2) is 53.9 Å². The van der Waals surface area contributed by atoms with Crippen molar-refractivity contribution in [1.29, 1.82) is 0 Å². The number of benzene rings is 2. The number of aromatic nitrogens is 1. The average Bonchev–Trinajstić information content (AvgIpc) is 3.27. The Labute approximate surface area is 180 Å². The van der Waals surface area contributed by atoms with E-state index in [-0.39, 0.29) is 11.8 Å². The van der Waals surface area contributed by atoms with Gasteiger partial charge in [0, 0.05) is 38.1 Å². The van der Waals surface area contributed by atoms with Crippen molar-refractivity contribution in [2.45, 2.75) is 13.5 Å². The van der Waals surface area contributed by atoms with Crippen molar-refractivity contribution in [3.63, 3.8) is 0 Å². The molecule has 0 spiro atoms. The quantitative estimate of drug-likeness (QED) is 0.572. The summed E-state index contributed by atoms with van der Waals surface area (Å²) in [6, 6.07) is 15.0. The Balaban J connectivity index is 1.75. The molecule has 0 aliphatic heterocycles. The summed E-state index contributed by atoms with van der Waals surface area (Å²) in [5.74, 6) is 0.560.